The minimum atomic E-state index is -0.138. The molecule has 0 aliphatic carbocycles. The Hall–Kier alpha value is -2.11. The van der Waals surface area contributed by atoms with Crippen LogP contribution in [0.4, 0.5) is 5.13 Å². The van der Waals surface area contributed by atoms with E-state index >= 15 is 0 Å². The van der Waals surface area contributed by atoms with Gasteiger partial charge in [0.15, 0.2) is 5.13 Å². The molecule has 0 radical (unpaired) electrons. The molecule has 0 saturated heterocycles. The molecule has 0 saturated carbocycles. The Kier molecular flexibility index (Phi) is 8.11. The number of nitriles is 1. The highest BCUT2D eigenvalue weighted by Gasteiger charge is 2.11. The lowest BCUT2D eigenvalue weighted by Crippen LogP contribution is -2.12. The van der Waals surface area contributed by atoms with Gasteiger partial charge in [-0.1, -0.05) is 42.6 Å². The summed E-state index contributed by atoms with van der Waals surface area (Å²) in [6.07, 6.45) is 2.14. The number of rotatable bonds is 8. The number of thioether (sulfide) groups is 1. The molecule has 30 heavy (non-hydrogen) atoms. The average molecular weight is 477 g/mol. The number of benzene rings is 1. The Bertz CT molecular complexity index is 1090. The number of thiazole rings is 1. The van der Waals surface area contributed by atoms with Gasteiger partial charge in [0.05, 0.1) is 21.3 Å². The summed E-state index contributed by atoms with van der Waals surface area (Å²) in [6, 6.07) is 11.1. The third-order valence-electron chi connectivity index (χ3n) is 4.08. The van der Waals surface area contributed by atoms with E-state index < -0.39 is 0 Å². The molecule has 3 aromatic rings. The Morgan fingerprint density at radius 1 is 1.23 bits per heavy atom. The summed E-state index contributed by atoms with van der Waals surface area (Å²) in [7, 11) is 0. The molecule has 2 aromatic heterocycles. The van der Waals surface area contributed by atoms with E-state index in [2.05, 4.69) is 28.3 Å². The van der Waals surface area contributed by atoms with Crippen molar-refractivity contribution in [3.63, 3.8) is 0 Å². The van der Waals surface area contributed by atoms with Crippen LogP contribution >= 0.6 is 46.3 Å². The topological polar surface area (TPSA) is 78.7 Å². The molecule has 0 atom stereocenters. The van der Waals surface area contributed by atoms with Crippen LogP contribution in [-0.4, -0.2) is 21.6 Å². The number of pyridine rings is 1. The van der Waals surface area contributed by atoms with E-state index in [-0.39, 0.29) is 12.3 Å². The van der Waals surface area contributed by atoms with Gasteiger partial charge in [-0.3, -0.25) is 4.79 Å². The van der Waals surface area contributed by atoms with E-state index in [4.69, 9.17) is 23.2 Å². The number of aromatic nitrogens is 2. The van der Waals surface area contributed by atoms with Crippen molar-refractivity contribution in [1.82, 2.24) is 9.97 Å². The summed E-state index contributed by atoms with van der Waals surface area (Å²) < 4.78 is 0. The lowest BCUT2D eigenvalue weighted by atomic mass is 10.2. The molecule has 0 spiro atoms. The SMILES string of the molecule is CCCc1ccc(C#N)c(SCCC(=O)Nc2nc(-c3ccc(Cl)c(Cl)c3)cs2)n1. The smallest absolute Gasteiger partial charge is 0.226 e. The van der Waals surface area contributed by atoms with Crippen LogP contribution in [0.15, 0.2) is 40.7 Å². The first-order valence-corrected chi connectivity index (χ1v) is 11.9. The zero-order chi connectivity index (χ0) is 21.5. The Morgan fingerprint density at radius 2 is 2.07 bits per heavy atom. The highest BCUT2D eigenvalue weighted by molar-refractivity contribution is 7.99. The molecular weight excluding hydrogens is 459 g/mol. The van der Waals surface area contributed by atoms with Gasteiger partial charge >= 0.3 is 0 Å². The predicted molar refractivity (Wildman–Crippen MR) is 124 cm³/mol. The van der Waals surface area contributed by atoms with Gasteiger partial charge in [0.2, 0.25) is 5.91 Å². The van der Waals surface area contributed by atoms with Crippen LogP contribution in [0, 0.1) is 11.3 Å². The fourth-order valence-corrected chi connectivity index (χ4v) is 4.58. The third-order valence-corrected chi connectivity index (χ3v) is 6.57. The molecule has 2 heterocycles. The second-order valence-electron chi connectivity index (χ2n) is 6.33. The second-order valence-corrected chi connectivity index (χ2v) is 9.09. The number of nitrogens with zero attached hydrogens (tertiary/aromatic N) is 3. The number of carbonyl (C=O) groups excluding carboxylic acids is 1. The fourth-order valence-electron chi connectivity index (χ4n) is 2.61. The summed E-state index contributed by atoms with van der Waals surface area (Å²) in [4.78, 5) is 21.3. The lowest BCUT2D eigenvalue weighted by Gasteiger charge is -2.06. The van der Waals surface area contributed by atoms with Gasteiger partial charge in [-0.15, -0.1) is 23.1 Å². The standard InChI is InChI=1S/C21H18Cl2N4OS2/c1-2-3-15-6-4-14(11-24)20(25-15)29-9-8-19(28)27-21-26-18(12-30-21)13-5-7-16(22)17(23)10-13/h4-7,10,12H,2-3,8-9H2,1H3,(H,26,27,28). The van der Waals surface area contributed by atoms with Gasteiger partial charge in [-0.2, -0.15) is 5.26 Å². The molecule has 1 N–H and O–H groups in total. The number of anilines is 1. The minimum absolute atomic E-state index is 0.138. The van der Waals surface area contributed by atoms with E-state index in [0.29, 0.717) is 31.5 Å². The molecule has 0 aliphatic rings. The molecular formula is C21H18Cl2N4OS2. The molecule has 3 rings (SSSR count). The number of hydrogen-bond donors (Lipinski definition) is 1. The van der Waals surface area contributed by atoms with Crippen molar-refractivity contribution in [1.29, 1.82) is 5.26 Å². The molecule has 5 nitrogen and oxygen atoms in total. The van der Waals surface area contributed by atoms with E-state index in [1.807, 2.05) is 17.5 Å². The maximum atomic E-state index is 12.3. The van der Waals surface area contributed by atoms with Crippen molar-refractivity contribution < 1.29 is 4.79 Å². The predicted octanol–water partition coefficient (Wildman–Crippen LogP) is 6.46. The summed E-state index contributed by atoms with van der Waals surface area (Å²) in [6.45, 7) is 2.09. The molecule has 1 amide bonds. The molecule has 0 aliphatic heterocycles. The molecule has 9 heteroatoms. The molecule has 0 unspecified atom stereocenters. The average Bonchev–Trinajstić information content (AvgIpc) is 3.19. The molecule has 1 aromatic carbocycles. The Morgan fingerprint density at radius 3 is 2.80 bits per heavy atom. The number of hydrogen-bond acceptors (Lipinski definition) is 6. The van der Waals surface area contributed by atoms with E-state index in [1.54, 1.807) is 18.2 Å². The van der Waals surface area contributed by atoms with E-state index in [1.165, 1.54) is 23.1 Å². The van der Waals surface area contributed by atoms with Crippen LogP contribution in [0.5, 0.6) is 0 Å². The molecule has 154 valence electrons. The Labute approximate surface area is 193 Å². The van der Waals surface area contributed by atoms with Gasteiger partial charge in [-0.25, -0.2) is 9.97 Å². The number of amides is 1. The first kappa shape index (κ1) is 22.6. The summed E-state index contributed by atoms with van der Waals surface area (Å²) in [5.41, 5.74) is 3.05. The van der Waals surface area contributed by atoms with Crippen molar-refractivity contribution in [3.8, 4) is 17.3 Å². The van der Waals surface area contributed by atoms with Crippen molar-refractivity contribution in [2.45, 2.75) is 31.2 Å². The minimum Gasteiger partial charge on any atom is -0.302 e. The number of halogens is 2. The van der Waals surface area contributed by atoms with Gasteiger partial charge < -0.3 is 5.32 Å². The zero-order valence-corrected chi connectivity index (χ0v) is 19.3. The molecule has 0 bridgehead atoms. The highest BCUT2D eigenvalue weighted by Crippen LogP contribution is 2.30. The first-order chi connectivity index (χ1) is 14.5. The maximum Gasteiger partial charge on any atom is 0.226 e. The summed E-state index contributed by atoms with van der Waals surface area (Å²) in [5, 5.41) is 16.1. The number of aryl methyl sites for hydroxylation is 1. The van der Waals surface area contributed by atoms with Crippen molar-refractivity contribution >= 4 is 57.3 Å². The van der Waals surface area contributed by atoms with Crippen molar-refractivity contribution in [2.75, 3.05) is 11.1 Å². The van der Waals surface area contributed by atoms with Crippen LogP contribution < -0.4 is 5.32 Å². The highest BCUT2D eigenvalue weighted by atomic mass is 35.5. The fraction of sp³-hybridized carbons (Fsp3) is 0.238. The van der Waals surface area contributed by atoms with Crippen LogP contribution in [-0.2, 0) is 11.2 Å². The first-order valence-electron chi connectivity index (χ1n) is 9.23. The van der Waals surface area contributed by atoms with Crippen molar-refractivity contribution in [2.24, 2.45) is 0 Å². The number of carbonyl (C=O) groups is 1. The summed E-state index contributed by atoms with van der Waals surface area (Å²) >= 11 is 14.8. The van der Waals surface area contributed by atoms with Gasteiger partial charge in [0, 0.05) is 28.8 Å². The van der Waals surface area contributed by atoms with Crippen LogP contribution in [0.1, 0.15) is 31.0 Å². The Balaban J connectivity index is 1.56. The van der Waals surface area contributed by atoms with E-state index in [9.17, 15) is 10.1 Å². The second kappa shape index (κ2) is 10.8. The normalized spacial score (nSPS) is 10.6. The van der Waals surface area contributed by atoms with Gasteiger partial charge in [-0.05, 0) is 30.7 Å². The van der Waals surface area contributed by atoms with Gasteiger partial charge in [0.1, 0.15) is 11.1 Å². The van der Waals surface area contributed by atoms with Crippen LogP contribution in [0.3, 0.4) is 0 Å². The van der Waals surface area contributed by atoms with Gasteiger partial charge in [0.25, 0.3) is 0 Å². The quantitative estimate of drug-likeness (QED) is 0.377. The lowest BCUT2D eigenvalue weighted by molar-refractivity contribution is -0.115. The van der Waals surface area contributed by atoms with Crippen LogP contribution in [0.25, 0.3) is 11.3 Å². The monoisotopic (exact) mass is 476 g/mol. The largest absolute Gasteiger partial charge is 0.302 e. The summed E-state index contributed by atoms with van der Waals surface area (Å²) in [5.74, 6) is 0.384. The molecule has 0 fully saturated rings. The maximum absolute atomic E-state index is 12.3. The van der Waals surface area contributed by atoms with E-state index in [0.717, 1.165) is 29.8 Å². The number of nitrogens with one attached hydrogen (secondary N) is 1. The zero-order valence-electron chi connectivity index (χ0n) is 16.1. The van der Waals surface area contributed by atoms with Crippen LogP contribution in [0.2, 0.25) is 10.0 Å². The van der Waals surface area contributed by atoms with Crippen molar-refractivity contribution in [3.05, 3.63) is 57.0 Å². The third kappa shape index (κ3) is 5.96.